The molecule has 6 nitrogen and oxygen atoms in total. The average Bonchev–Trinajstić information content (AvgIpc) is 3.03. The monoisotopic (exact) mass is 352 g/mol. The Morgan fingerprint density at radius 3 is 2.42 bits per heavy atom. The fourth-order valence-electron chi connectivity index (χ4n) is 4.04. The summed E-state index contributed by atoms with van der Waals surface area (Å²) >= 11 is 0. The number of ether oxygens (including phenoxy) is 2. The van der Waals surface area contributed by atoms with Crippen molar-refractivity contribution in [3.8, 4) is 0 Å². The second-order valence-electron chi connectivity index (χ2n) is 7.24. The van der Waals surface area contributed by atoms with Crippen molar-refractivity contribution in [2.45, 2.75) is 56.2 Å². The molecule has 2 aliphatic carbocycles. The van der Waals surface area contributed by atoms with Crippen molar-refractivity contribution in [2.75, 3.05) is 0 Å². The number of hydrogen-bond acceptors (Lipinski definition) is 6. The molecule has 1 aromatic rings. The minimum absolute atomic E-state index is 0.00962. The third kappa shape index (κ3) is 2.42. The molecule has 1 heterocycles. The molecular weight excluding hydrogens is 332 g/mol. The maximum atomic E-state index is 12.5. The van der Waals surface area contributed by atoms with E-state index in [9.17, 15) is 13.2 Å². The van der Waals surface area contributed by atoms with Gasteiger partial charge in [0.1, 0.15) is 11.9 Å². The number of benzene rings is 1. The summed E-state index contributed by atoms with van der Waals surface area (Å²) in [5.74, 6) is -1.69. The van der Waals surface area contributed by atoms with Crippen LogP contribution in [0.5, 0.6) is 0 Å². The highest BCUT2D eigenvalue weighted by Gasteiger charge is 2.66. The summed E-state index contributed by atoms with van der Waals surface area (Å²) in [5.41, 5.74) is 0.964. The highest BCUT2D eigenvalue weighted by molar-refractivity contribution is 7.86. The zero-order valence-corrected chi connectivity index (χ0v) is 14.6. The fraction of sp³-hybridized carbons (Fsp3) is 0.588. The van der Waals surface area contributed by atoms with Gasteiger partial charge in [-0.25, -0.2) is 0 Å². The van der Waals surface area contributed by atoms with Gasteiger partial charge in [-0.3, -0.25) is 8.98 Å². The maximum absolute atomic E-state index is 12.5. The van der Waals surface area contributed by atoms with Crippen molar-refractivity contribution in [3.05, 3.63) is 29.8 Å². The minimum Gasteiger partial charge on any atom is -0.344 e. The summed E-state index contributed by atoms with van der Waals surface area (Å²) in [5, 5.41) is 0. The van der Waals surface area contributed by atoms with Gasteiger partial charge in [0.15, 0.2) is 5.79 Å². The van der Waals surface area contributed by atoms with Crippen molar-refractivity contribution in [1.29, 1.82) is 0 Å². The van der Waals surface area contributed by atoms with E-state index in [1.807, 2.05) is 6.92 Å². The zero-order chi connectivity index (χ0) is 17.3. The van der Waals surface area contributed by atoms with Gasteiger partial charge < -0.3 is 9.47 Å². The quantitative estimate of drug-likeness (QED) is 0.772. The lowest BCUT2D eigenvalue weighted by molar-refractivity contribution is -0.163. The Balaban J connectivity index is 1.57. The third-order valence-corrected chi connectivity index (χ3v) is 6.40. The number of carbonyl (C=O) groups excluding carboxylic acids is 1. The van der Waals surface area contributed by atoms with E-state index in [1.165, 1.54) is 12.1 Å². The molecule has 0 radical (unpaired) electrons. The molecule has 1 saturated heterocycles. The third-order valence-electron chi connectivity index (χ3n) is 5.05. The van der Waals surface area contributed by atoms with Crippen LogP contribution in [0.25, 0.3) is 0 Å². The van der Waals surface area contributed by atoms with Gasteiger partial charge in [-0.1, -0.05) is 17.7 Å². The molecular formula is C17H20O6S. The van der Waals surface area contributed by atoms with E-state index in [0.717, 1.165) is 5.56 Å². The molecule has 3 aliphatic rings. The number of fused-ring (bicyclic) bond motifs is 5. The van der Waals surface area contributed by atoms with Crippen LogP contribution in [0.15, 0.2) is 29.2 Å². The van der Waals surface area contributed by atoms with Gasteiger partial charge in [0.05, 0.1) is 23.0 Å². The molecule has 0 N–H and O–H groups in total. The summed E-state index contributed by atoms with van der Waals surface area (Å²) in [6.07, 6.45) is -1.05. The Hall–Kier alpha value is -1.28. The van der Waals surface area contributed by atoms with Crippen molar-refractivity contribution in [1.82, 2.24) is 0 Å². The van der Waals surface area contributed by atoms with Crippen molar-refractivity contribution >= 4 is 15.9 Å². The average molecular weight is 352 g/mol. The summed E-state index contributed by atoms with van der Waals surface area (Å²) in [6.45, 7) is 5.48. The summed E-state index contributed by atoms with van der Waals surface area (Å²) < 4.78 is 42.0. The van der Waals surface area contributed by atoms with Crippen molar-refractivity contribution in [3.63, 3.8) is 0 Å². The highest BCUT2D eigenvalue weighted by Crippen LogP contribution is 2.52. The molecule has 24 heavy (non-hydrogen) atoms. The highest BCUT2D eigenvalue weighted by atomic mass is 32.2. The van der Waals surface area contributed by atoms with E-state index in [1.54, 1.807) is 26.0 Å². The second kappa shape index (κ2) is 5.11. The standard InChI is InChI=1S/C17H20O6S/c1-9-4-6-10(7-5-9)24(19,20)23-12-8-11-14(18)13(12)16-15(11)21-17(2,3)22-16/h4-7,11-13,15-16H,8H2,1-3H3/t11-,12+,13+,15+,16-/m1/s1. The van der Waals surface area contributed by atoms with Crippen LogP contribution in [-0.2, 0) is 28.6 Å². The Labute approximate surface area is 141 Å². The molecule has 1 aliphatic heterocycles. The molecule has 0 spiro atoms. The lowest BCUT2D eigenvalue weighted by Gasteiger charge is -2.27. The van der Waals surface area contributed by atoms with Crippen LogP contribution in [0.3, 0.4) is 0 Å². The second-order valence-corrected chi connectivity index (χ2v) is 8.81. The van der Waals surface area contributed by atoms with Gasteiger partial charge in [0.25, 0.3) is 10.1 Å². The van der Waals surface area contributed by atoms with Crippen LogP contribution in [-0.4, -0.2) is 38.3 Å². The first-order valence-electron chi connectivity index (χ1n) is 8.07. The maximum Gasteiger partial charge on any atom is 0.297 e. The lowest BCUT2D eigenvalue weighted by atomic mass is 9.93. The van der Waals surface area contributed by atoms with E-state index < -0.39 is 34.0 Å². The molecule has 7 heteroatoms. The molecule has 3 fully saturated rings. The van der Waals surface area contributed by atoms with E-state index in [2.05, 4.69) is 0 Å². The van der Waals surface area contributed by atoms with Gasteiger partial charge in [-0.15, -0.1) is 0 Å². The van der Waals surface area contributed by atoms with Crippen LogP contribution >= 0.6 is 0 Å². The molecule has 4 rings (SSSR count). The SMILES string of the molecule is Cc1ccc(S(=O)(=O)O[C@H]2C[C@@H]3C(=O)[C@H]2[C@H]2OC(C)(C)O[C@H]23)cc1. The normalized spacial score (nSPS) is 37.0. The Bertz CT molecular complexity index is 782. The topological polar surface area (TPSA) is 78.9 Å². The largest absolute Gasteiger partial charge is 0.344 e. The van der Waals surface area contributed by atoms with Crippen LogP contribution in [0.2, 0.25) is 0 Å². The summed E-state index contributed by atoms with van der Waals surface area (Å²) in [4.78, 5) is 12.5. The van der Waals surface area contributed by atoms with Crippen LogP contribution < -0.4 is 0 Å². The van der Waals surface area contributed by atoms with E-state index in [-0.39, 0.29) is 22.7 Å². The number of rotatable bonds is 3. The minimum atomic E-state index is -3.91. The van der Waals surface area contributed by atoms with Gasteiger partial charge in [-0.05, 0) is 39.3 Å². The van der Waals surface area contributed by atoms with E-state index in [0.29, 0.717) is 6.42 Å². The van der Waals surface area contributed by atoms with Crippen molar-refractivity contribution in [2.24, 2.45) is 11.8 Å². The van der Waals surface area contributed by atoms with Crippen LogP contribution in [0.1, 0.15) is 25.8 Å². The number of hydrogen-bond donors (Lipinski definition) is 0. The number of carbonyl (C=O) groups is 1. The number of Topliss-reactive ketones (excluding diaryl/α,β-unsaturated/α-hetero) is 1. The van der Waals surface area contributed by atoms with Crippen LogP contribution in [0.4, 0.5) is 0 Å². The Kier molecular flexibility index (Phi) is 3.45. The van der Waals surface area contributed by atoms with E-state index >= 15 is 0 Å². The molecule has 1 aromatic carbocycles. The Morgan fingerprint density at radius 1 is 1.12 bits per heavy atom. The molecule has 5 atom stereocenters. The van der Waals surface area contributed by atoms with Gasteiger partial charge in [-0.2, -0.15) is 8.42 Å². The smallest absolute Gasteiger partial charge is 0.297 e. The molecule has 0 unspecified atom stereocenters. The molecule has 130 valence electrons. The Morgan fingerprint density at radius 2 is 1.75 bits per heavy atom. The first-order valence-corrected chi connectivity index (χ1v) is 9.48. The van der Waals surface area contributed by atoms with E-state index in [4.69, 9.17) is 13.7 Å². The molecule has 0 amide bonds. The number of aryl methyl sites for hydroxylation is 1. The predicted octanol–water partition coefficient (Wildman–Crippen LogP) is 1.81. The van der Waals surface area contributed by atoms with Gasteiger partial charge in [0.2, 0.25) is 0 Å². The fourth-order valence-corrected chi connectivity index (χ4v) is 5.15. The first kappa shape index (κ1) is 16.2. The lowest BCUT2D eigenvalue weighted by Crippen LogP contribution is -2.39. The summed E-state index contributed by atoms with van der Waals surface area (Å²) in [6, 6.07) is 6.46. The molecule has 0 aromatic heterocycles. The van der Waals surface area contributed by atoms with Gasteiger partial charge in [0, 0.05) is 5.92 Å². The van der Waals surface area contributed by atoms with Gasteiger partial charge >= 0.3 is 0 Å². The number of ketones is 1. The van der Waals surface area contributed by atoms with Crippen molar-refractivity contribution < 1.29 is 26.9 Å². The molecule has 2 saturated carbocycles. The summed E-state index contributed by atoms with van der Waals surface area (Å²) in [7, 11) is -3.91. The zero-order valence-electron chi connectivity index (χ0n) is 13.8. The molecule has 2 bridgehead atoms. The predicted molar refractivity (Wildman–Crippen MR) is 83.7 cm³/mol. The first-order chi connectivity index (χ1) is 11.2. The van der Waals surface area contributed by atoms with Crippen LogP contribution in [0, 0.1) is 18.8 Å².